The average Bonchev–Trinajstić information content (AvgIpc) is 3.05. The van der Waals surface area contributed by atoms with Gasteiger partial charge < -0.3 is 14.6 Å². The number of fused-ring (bicyclic) bond motifs is 2. The number of benzene rings is 1. The number of carbonyl (C=O) groups is 1. The molecule has 30 heavy (non-hydrogen) atoms. The Morgan fingerprint density at radius 2 is 2.07 bits per heavy atom. The summed E-state index contributed by atoms with van der Waals surface area (Å²) in [6.07, 6.45) is 6.15. The lowest BCUT2D eigenvalue weighted by Gasteiger charge is -2.17. The van der Waals surface area contributed by atoms with Crippen LogP contribution in [-0.2, 0) is 4.79 Å². The summed E-state index contributed by atoms with van der Waals surface area (Å²) < 4.78 is 34.0. The van der Waals surface area contributed by atoms with Gasteiger partial charge in [-0.1, -0.05) is 18.6 Å². The Morgan fingerprint density at radius 3 is 2.73 bits per heavy atom. The van der Waals surface area contributed by atoms with Gasteiger partial charge in [-0.2, -0.15) is 0 Å². The van der Waals surface area contributed by atoms with E-state index in [1.165, 1.54) is 18.7 Å². The van der Waals surface area contributed by atoms with Crippen molar-refractivity contribution in [3.63, 3.8) is 0 Å². The minimum Gasteiger partial charge on any atom is -0.481 e. The summed E-state index contributed by atoms with van der Waals surface area (Å²) in [4.78, 5) is 20.9. The molecule has 4 atom stereocenters. The number of imidazole rings is 1. The second-order valence-electron chi connectivity index (χ2n) is 7.88. The van der Waals surface area contributed by atoms with E-state index in [0.717, 1.165) is 12.5 Å². The standard InChI is InChI=1S/C22H20F2N4O2/c1-11(22(29)27-12-3-4-20(30-2)25-9-12)21-14-5-13(6-15(14)21)28-10-26-18-7-16(23)17(24)8-19(18)28/h3-5,7-11,13,15,21H,6H2,1-2H3,(H,27,29)/t11?,13-,15+,21+/m0/s1. The molecule has 1 fully saturated rings. The molecule has 0 bridgehead atoms. The number of aromatic nitrogens is 3. The van der Waals surface area contributed by atoms with E-state index in [4.69, 9.17) is 4.74 Å². The van der Waals surface area contributed by atoms with E-state index in [1.807, 2.05) is 11.5 Å². The zero-order chi connectivity index (χ0) is 21.0. The van der Waals surface area contributed by atoms with Crippen LogP contribution in [0.5, 0.6) is 5.88 Å². The van der Waals surface area contributed by atoms with Crippen LogP contribution in [0.2, 0.25) is 0 Å². The van der Waals surface area contributed by atoms with E-state index in [0.29, 0.717) is 28.5 Å². The maximum absolute atomic E-state index is 13.7. The molecule has 0 radical (unpaired) electrons. The topological polar surface area (TPSA) is 69.0 Å². The van der Waals surface area contributed by atoms with Gasteiger partial charge in [0.15, 0.2) is 11.6 Å². The number of allylic oxidation sites excluding steroid dienone is 2. The minimum atomic E-state index is -0.896. The summed E-state index contributed by atoms with van der Waals surface area (Å²) in [5.41, 5.74) is 2.89. The van der Waals surface area contributed by atoms with Crippen LogP contribution in [0.4, 0.5) is 14.5 Å². The third-order valence-corrected chi connectivity index (χ3v) is 6.16. The van der Waals surface area contributed by atoms with Gasteiger partial charge in [0.05, 0.1) is 42.4 Å². The number of rotatable bonds is 5. The summed E-state index contributed by atoms with van der Waals surface area (Å²) in [5.74, 6) is -0.976. The van der Waals surface area contributed by atoms with Gasteiger partial charge in [0.1, 0.15) is 0 Å². The van der Waals surface area contributed by atoms with Crippen LogP contribution in [0, 0.1) is 29.4 Å². The molecule has 2 aromatic heterocycles. The first kappa shape index (κ1) is 18.7. The SMILES string of the molecule is COc1ccc(NC(=O)C(C)[C@@H]2C3=C[C@H](n4cnc5cc(F)c(F)cc54)C[C@H]32)cn1. The van der Waals surface area contributed by atoms with Crippen molar-refractivity contribution >= 4 is 22.6 Å². The number of methoxy groups -OCH3 is 1. The predicted molar refractivity (Wildman–Crippen MR) is 107 cm³/mol. The van der Waals surface area contributed by atoms with Crippen LogP contribution >= 0.6 is 0 Å². The molecule has 154 valence electrons. The fraction of sp³-hybridized carbons (Fsp3) is 0.318. The van der Waals surface area contributed by atoms with Gasteiger partial charge >= 0.3 is 0 Å². The highest BCUT2D eigenvalue weighted by Crippen LogP contribution is 2.60. The van der Waals surface area contributed by atoms with Gasteiger partial charge in [0.25, 0.3) is 0 Å². The molecule has 1 saturated carbocycles. The molecule has 0 saturated heterocycles. The van der Waals surface area contributed by atoms with Crippen molar-refractivity contribution in [3.05, 3.63) is 60.1 Å². The highest BCUT2D eigenvalue weighted by atomic mass is 19.2. The van der Waals surface area contributed by atoms with Crippen LogP contribution in [-0.4, -0.2) is 27.6 Å². The Labute approximate surface area is 171 Å². The van der Waals surface area contributed by atoms with Crippen molar-refractivity contribution < 1.29 is 18.3 Å². The zero-order valence-corrected chi connectivity index (χ0v) is 16.5. The number of halogens is 2. The number of pyridine rings is 1. The van der Waals surface area contributed by atoms with Gasteiger partial charge in [0.2, 0.25) is 11.8 Å². The molecule has 1 amide bonds. The molecule has 3 aromatic rings. The normalized spacial score (nSPS) is 23.1. The Balaban J connectivity index is 1.28. The first-order valence-corrected chi connectivity index (χ1v) is 9.80. The zero-order valence-electron chi connectivity index (χ0n) is 16.5. The summed E-state index contributed by atoms with van der Waals surface area (Å²) in [5, 5.41) is 2.90. The summed E-state index contributed by atoms with van der Waals surface area (Å²) in [6, 6.07) is 5.80. The number of hydrogen-bond acceptors (Lipinski definition) is 4. The molecule has 0 spiro atoms. The summed E-state index contributed by atoms with van der Waals surface area (Å²) >= 11 is 0. The van der Waals surface area contributed by atoms with E-state index in [1.54, 1.807) is 24.7 Å². The Morgan fingerprint density at radius 1 is 1.27 bits per heavy atom. The molecule has 2 aliphatic carbocycles. The smallest absolute Gasteiger partial charge is 0.227 e. The van der Waals surface area contributed by atoms with Crippen molar-refractivity contribution in [1.29, 1.82) is 0 Å². The summed E-state index contributed by atoms with van der Waals surface area (Å²) in [7, 11) is 1.54. The van der Waals surface area contributed by atoms with Crippen LogP contribution in [0.25, 0.3) is 11.0 Å². The molecule has 1 N–H and O–H groups in total. The fourth-order valence-corrected chi connectivity index (χ4v) is 4.54. The second kappa shape index (κ2) is 6.90. The highest BCUT2D eigenvalue weighted by molar-refractivity contribution is 5.93. The monoisotopic (exact) mass is 410 g/mol. The van der Waals surface area contributed by atoms with Crippen molar-refractivity contribution in [1.82, 2.24) is 14.5 Å². The number of nitrogens with one attached hydrogen (secondary N) is 1. The maximum atomic E-state index is 13.7. The van der Waals surface area contributed by atoms with E-state index in [9.17, 15) is 13.6 Å². The molecule has 6 nitrogen and oxygen atoms in total. The molecule has 2 heterocycles. The van der Waals surface area contributed by atoms with Crippen LogP contribution in [0.15, 0.2) is 48.4 Å². The summed E-state index contributed by atoms with van der Waals surface area (Å²) in [6.45, 7) is 1.93. The Hall–Kier alpha value is -3.29. The second-order valence-corrected chi connectivity index (χ2v) is 7.88. The first-order chi connectivity index (χ1) is 14.5. The van der Waals surface area contributed by atoms with Gasteiger partial charge in [-0.3, -0.25) is 4.79 Å². The molecule has 0 aliphatic heterocycles. The largest absolute Gasteiger partial charge is 0.481 e. The number of amides is 1. The Bertz CT molecular complexity index is 1170. The molecule has 1 unspecified atom stereocenters. The average molecular weight is 410 g/mol. The molecule has 2 aliphatic rings. The molecule has 1 aromatic carbocycles. The third-order valence-electron chi connectivity index (χ3n) is 6.16. The lowest BCUT2D eigenvalue weighted by molar-refractivity contribution is -0.120. The van der Waals surface area contributed by atoms with E-state index in [2.05, 4.69) is 21.4 Å². The predicted octanol–water partition coefficient (Wildman–Crippen LogP) is 4.11. The van der Waals surface area contributed by atoms with Crippen LogP contribution in [0.3, 0.4) is 0 Å². The lowest BCUT2D eigenvalue weighted by atomic mass is 9.98. The highest BCUT2D eigenvalue weighted by Gasteiger charge is 2.53. The molecule has 5 rings (SSSR count). The number of anilines is 1. The minimum absolute atomic E-state index is 0.0390. The van der Waals surface area contributed by atoms with E-state index in [-0.39, 0.29) is 23.8 Å². The van der Waals surface area contributed by atoms with Gasteiger partial charge in [0, 0.05) is 24.1 Å². The first-order valence-electron chi connectivity index (χ1n) is 9.80. The number of hydrogen-bond donors (Lipinski definition) is 1. The van der Waals surface area contributed by atoms with Gasteiger partial charge in [-0.05, 0) is 24.3 Å². The van der Waals surface area contributed by atoms with Gasteiger partial charge in [-0.25, -0.2) is 18.7 Å². The quantitative estimate of drug-likeness (QED) is 0.643. The Kier molecular flexibility index (Phi) is 4.30. The van der Waals surface area contributed by atoms with E-state index < -0.39 is 11.6 Å². The number of nitrogens with zero attached hydrogens (tertiary/aromatic N) is 3. The van der Waals surface area contributed by atoms with Crippen molar-refractivity contribution in [2.24, 2.45) is 17.8 Å². The lowest BCUT2D eigenvalue weighted by Crippen LogP contribution is -2.23. The molecule has 8 heteroatoms. The third kappa shape index (κ3) is 3.03. The number of carbonyl (C=O) groups excluding carboxylic acids is 1. The van der Waals surface area contributed by atoms with Crippen molar-refractivity contribution in [2.75, 3.05) is 12.4 Å². The maximum Gasteiger partial charge on any atom is 0.227 e. The van der Waals surface area contributed by atoms with Crippen LogP contribution < -0.4 is 10.1 Å². The fourth-order valence-electron chi connectivity index (χ4n) is 4.54. The van der Waals surface area contributed by atoms with Gasteiger partial charge in [-0.15, -0.1) is 0 Å². The van der Waals surface area contributed by atoms with E-state index >= 15 is 0 Å². The van der Waals surface area contributed by atoms with Crippen molar-refractivity contribution in [2.45, 2.75) is 19.4 Å². The molecular weight excluding hydrogens is 390 g/mol. The van der Waals surface area contributed by atoms with Crippen LogP contribution in [0.1, 0.15) is 19.4 Å². The molecular formula is C22H20F2N4O2. The number of ether oxygens (including phenoxy) is 1. The van der Waals surface area contributed by atoms with Crippen molar-refractivity contribution in [3.8, 4) is 5.88 Å².